The van der Waals surface area contributed by atoms with E-state index in [0.717, 1.165) is 117 Å². The van der Waals surface area contributed by atoms with Crippen molar-refractivity contribution in [2.75, 3.05) is 31.7 Å². The molecule has 7 aliphatic rings. The van der Waals surface area contributed by atoms with Crippen LogP contribution in [0.1, 0.15) is 177 Å². The number of aromatic nitrogens is 2. The van der Waals surface area contributed by atoms with Crippen LogP contribution >= 0.6 is 0 Å². The number of Topliss-reactive ketones (excluding diaryl/α,β-unsaturated/α-hetero) is 2. The molecule has 7 aromatic rings. The van der Waals surface area contributed by atoms with Crippen LogP contribution in [0.4, 0.5) is 5.69 Å². The number of nitrogens with one attached hydrogen (secondary N) is 2. The highest BCUT2D eigenvalue weighted by molar-refractivity contribution is 6.00. The molecule has 0 radical (unpaired) electrons. The minimum Gasteiger partial charge on any atom is -0.508 e. The third-order valence-corrected chi connectivity index (χ3v) is 22.2. The number of H-pyrrole nitrogens is 1. The number of carbonyl (C=O) groups excluding carboxylic acids is 3. The Bertz CT molecular complexity index is 4360. The number of esters is 1. The van der Waals surface area contributed by atoms with Gasteiger partial charge in [0.25, 0.3) is 0 Å². The number of rotatable bonds is 12. The molecule has 9 atom stereocenters. The van der Waals surface area contributed by atoms with Crippen LogP contribution in [-0.4, -0.2) is 85.5 Å². The number of aromatic amines is 1. The summed E-state index contributed by atoms with van der Waals surface area (Å²) in [5.74, 6) is 6.92. The number of methoxy groups -OCH3 is 1. The van der Waals surface area contributed by atoms with Crippen LogP contribution in [0.15, 0.2) is 157 Å². The van der Waals surface area contributed by atoms with Crippen molar-refractivity contribution >= 4 is 34.0 Å². The van der Waals surface area contributed by atoms with Crippen molar-refractivity contribution in [3.05, 3.63) is 207 Å². The average Bonchev–Trinajstić information content (AvgIpc) is 1.56. The number of hydrogen-bond donors (Lipinski definition) is 7. The molecule has 9 unspecified atom stereocenters. The molecule has 96 heavy (non-hydrogen) atoms. The van der Waals surface area contributed by atoms with Crippen molar-refractivity contribution in [3.8, 4) is 46.3 Å². The van der Waals surface area contributed by atoms with Crippen molar-refractivity contribution < 1.29 is 54.1 Å². The van der Waals surface area contributed by atoms with E-state index in [4.69, 9.17) is 14.2 Å². The van der Waals surface area contributed by atoms with Crippen LogP contribution in [0, 0.1) is 35.0 Å². The van der Waals surface area contributed by atoms with Gasteiger partial charge in [-0.05, 0) is 168 Å². The fraction of sp³-hybridized carbons (Fsp3) is 0.395. The number of fused-ring (bicyclic) bond motifs is 4. The van der Waals surface area contributed by atoms with E-state index in [0.29, 0.717) is 57.2 Å². The molecule has 14 rings (SSSR count). The van der Waals surface area contributed by atoms with Gasteiger partial charge in [0.05, 0.1) is 30.9 Å². The molecule has 1 spiro atoms. The molecule has 5 aromatic carbocycles. The van der Waals surface area contributed by atoms with Gasteiger partial charge in [-0.25, -0.2) is 0 Å². The number of aryl methyl sites for hydroxylation is 2. The molecular formula is C81H86N4O11. The molecule has 2 aliphatic heterocycles. The molecule has 2 aromatic heterocycles. The lowest BCUT2D eigenvalue weighted by atomic mass is 9.61. The first kappa shape index (κ1) is 64.1. The number of ketones is 2. The zero-order chi connectivity index (χ0) is 66.4. The summed E-state index contributed by atoms with van der Waals surface area (Å²) in [4.78, 5) is 49.3. The molecule has 1 saturated carbocycles. The number of hydrogen-bond acceptors (Lipinski definition) is 13. The quantitative estimate of drug-likeness (QED) is 0.0448. The summed E-state index contributed by atoms with van der Waals surface area (Å²) in [7, 11) is 1.49. The third kappa shape index (κ3) is 12.4. The van der Waals surface area contributed by atoms with Crippen LogP contribution in [0.5, 0.6) is 34.5 Å². The number of aliphatic hydroxyl groups excluding tert-OH is 2. The van der Waals surface area contributed by atoms with Gasteiger partial charge in [-0.15, -0.1) is 0 Å². The predicted molar refractivity (Wildman–Crippen MR) is 369 cm³/mol. The summed E-state index contributed by atoms with van der Waals surface area (Å²) < 4.78 is 21.1. The van der Waals surface area contributed by atoms with Gasteiger partial charge in [0.2, 0.25) is 5.75 Å². The van der Waals surface area contributed by atoms with Gasteiger partial charge in [-0.3, -0.25) is 14.4 Å². The monoisotopic (exact) mass is 1290 g/mol. The second-order valence-corrected chi connectivity index (χ2v) is 27.8. The number of nitrogens with zero attached hydrogens (tertiary/aromatic N) is 2. The number of phenols is 3. The second-order valence-electron chi connectivity index (χ2n) is 27.8. The van der Waals surface area contributed by atoms with Gasteiger partial charge in [-0.2, -0.15) is 0 Å². The molecule has 0 amide bonds. The largest absolute Gasteiger partial charge is 0.508 e. The van der Waals surface area contributed by atoms with Gasteiger partial charge in [0.15, 0.2) is 11.5 Å². The maximum absolute atomic E-state index is 15.6. The van der Waals surface area contributed by atoms with Crippen molar-refractivity contribution in [2.24, 2.45) is 23.2 Å². The van der Waals surface area contributed by atoms with Crippen LogP contribution in [-0.2, 0) is 38.4 Å². The molecule has 15 heteroatoms. The number of carbonyl (C=O) groups is 3. The predicted octanol–water partition coefficient (Wildman–Crippen LogP) is 14.6. The molecule has 0 saturated heterocycles. The molecule has 496 valence electrons. The minimum atomic E-state index is -0.818. The van der Waals surface area contributed by atoms with Gasteiger partial charge >= 0.3 is 5.97 Å². The van der Waals surface area contributed by atoms with E-state index >= 15 is 4.79 Å². The first-order valence-electron chi connectivity index (χ1n) is 34.6. The number of aliphatic hydroxyl groups is 2. The first-order chi connectivity index (χ1) is 46.6. The SMILES string of the molecule is COc1cc(C2CC(=O)CC(OC(C)=O)CCC34Cc5c[nH]cc5C(C#CCC3=CC=CC4C)C(c3cccc(O)c3)C3=CCNC(=C3)N(CCC(=O)C3CCCCC3)c3ccc4c5c(n2cc35)CCC4O)cc(O)c1Oc1cc(O)cc(C2c3ccccc3CCC2CO)c1. The summed E-state index contributed by atoms with van der Waals surface area (Å²) in [6, 6.07) is 27.2. The maximum Gasteiger partial charge on any atom is 0.302 e. The Labute approximate surface area is 561 Å². The summed E-state index contributed by atoms with van der Waals surface area (Å²) in [5.41, 5.74) is 10.6. The van der Waals surface area contributed by atoms with Crippen molar-refractivity contribution in [2.45, 2.75) is 153 Å². The molecular weight excluding hydrogens is 1200 g/mol. The lowest BCUT2D eigenvalue weighted by Crippen LogP contribution is -2.37. The summed E-state index contributed by atoms with van der Waals surface area (Å²) in [6.07, 6.45) is 25.0. The first-order valence-corrected chi connectivity index (χ1v) is 34.6. The highest BCUT2D eigenvalue weighted by atomic mass is 16.5. The van der Waals surface area contributed by atoms with Crippen LogP contribution in [0.2, 0.25) is 0 Å². The Morgan fingerprint density at radius 1 is 0.823 bits per heavy atom. The minimum absolute atomic E-state index is 0.0135. The molecule has 7 N–H and O–H groups in total. The molecule has 15 nitrogen and oxygen atoms in total. The Morgan fingerprint density at radius 2 is 1.67 bits per heavy atom. The van der Waals surface area contributed by atoms with Crippen LogP contribution in [0.25, 0.3) is 10.8 Å². The highest BCUT2D eigenvalue weighted by Crippen LogP contribution is 2.53. The van der Waals surface area contributed by atoms with E-state index in [1.807, 2.05) is 42.5 Å². The number of ether oxygens (including phenoxy) is 3. The van der Waals surface area contributed by atoms with Gasteiger partial charge in [-0.1, -0.05) is 110 Å². The van der Waals surface area contributed by atoms with E-state index in [1.165, 1.54) is 25.7 Å². The number of aromatic hydroxyl groups is 3. The normalized spacial score (nSPS) is 25.0. The molecule has 5 aliphatic carbocycles. The van der Waals surface area contributed by atoms with Crippen LogP contribution < -0.4 is 19.7 Å². The third-order valence-electron chi connectivity index (χ3n) is 22.2. The van der Waals surface area contributed by atoms with Crippen molar-refractivity contribution in [1.29, 1.82) is 0 Å². The summed E-state index contributed by atoms with van der Waals surface area (Å²) in [5, 5.41) is 63.3. The van der Waals surface area contributed by atoms with E-state index in [-0.39, 0.29) is 107 Å². The average molecular weight is 1290 g/mol. The highest BCUT2D eigenvalue weighted by Gasteiger charge is 2.44. The Hall–Kier alpha value is -9.23. The van der Waals surface area contributed by atoms with E-state index in [2.05, 4.69) is 106 Å². The molecule has 1 fully saturated rings. The lowest BCUT2D eigenvalue weighted by molar-refractivity contribution is -0.148. The topological polar surface area (TPSA) is 216 Å². The zero-order valence-corrected chi connectivity index (χ0v) is 55.0. The van der Waals surface area contributed by atoms with Crippen molar-refractivity contribution in [3.63, 3.8) is 0 Å². The second kappa shape index (κ2) is 27.1. The number of allylic oxidation sites excluding steroid dienone is 6. The number of benzene rings is 5. The van der Waals surface area contributed by atoms with Gasteiger partial charge in [0, 0.05) is 117 Å². The Kier molecular flexibility index (Phi) is 18.1. The number of phenolic OH excluding ortho intramolecular Hbond substituents is 3. The van der Waals surface area contributed by atoms with Crippen LogP contribution in [0.3, 0.4) is 0 Å². The fourth-order valence-corrected chi connectivity index (χ4v) is 17.4. The van der Waals surface area contributed by atoms with E-state index < -0.39 is 29.6 Å². The Balaban J connectivity index is 0.943. The fourth-order valence-electron chi connectivity index (χ4n) is 17.4. The van der Waals surface area contributed by atoms with E-state index in [9.17, 15) is 35.1 Å². The van der Waals surface area contributed by atoms with Gasteiger partial charge < -0.3 is 59.5 Å². The Morgan fingerprint density at radius 3 is 2.49 bits per heavy atom. The number of dihydropyridines is 1. The molecule has 4 heterocycles. The maximum atomic E-state index is 15.6. The van der Waals surface area contributed by atoms with Crippen molar-refractivity contribution in [1.82, 2.24) is 14.9 Å². The summed E-state index contributed by atoms with van der Waals surface area (Å²) in [6.45, 7) is 4.34. The molecule has 6 bridgehead atoms. The lowest BCUT2D eigenvalue weighted by Gasteiger charge is -2.43. The standard InChI is InChI=1S/C81H86N4O11/c1-48-12-9-17-58-18-11-21-65-67-45-82-44-57(67)43-81(48,58)31-28-62(95-49(2)87)40-61(90)42-71(55-37-74(93)80(75(38-55)94-3)96-63-36-56(35-60(89)41-63)78-54(47-86)23-22-50-13-7-8-20-64(50)78)85-46-68-69(25-24-66-73(92)27-26-70(85)79(66)68)84(33-30-72(91)51-14-5-4-6-15-51)76-39-53(29-32-83-76)77(65)52-16-10-19-59(88)34-52/h7-10,12-13,16-17,19-20,24-25,29,34-39,41,44-46,48,51,54,62,65,71,73,77-78,82-83,86,88-89,92-93H,4-6,14-15,18,22-23,26-28,30-33,40,42-43,47H2,1-3H3. The summed E-state index contributed by atoms with van der Waals surface area (Å²) >= 11 is 0. The number of anilines is 1. The van der Waals surface area contributed by atoms with Gasteiger partial charge in [0.1, 0.15) is 40.7 Å². The van der Waals surface area contributed by atoms with E-state index in [1.54, 1.807) is 24.3 Å². The zero-order valence-electron chi connectivity index (χ0n) is 55.0. The smallest absolute Gasteiger partial charge is 0.302 e.